The fraction of sp³-hybridized carbons (Fsp3) is 0.600. The van der Waals surface area contributed by atoms with Gasteiger partial charge in [0.15, 0.2) is 0 Å². The molecule has 64 valence electrons. The van der Waals surface area contributed by atoms with Crippen LogP contribution in [0.5, 0.6) is 0 Å². The number of rotatable bonds is 7. The first-order valence-electron chi connectivity index (χ1n) is 4.30. The second-order valence-electron chi connectivity index (χ2n) is 2.66. The summed E-state index contributed by atoms with van der Waals surface area (Å²) in [6, 6.07) is 0.604. The molecule has 0 saturated carbocycles. The molecule has 0 rings (SSSR count). The van der Waals surface area contributed by atoms with Gasteiger partial charge in [-0.15, -0.1) is 13.2 Å². The Bertz CT molecular complexity index is 107. The van der Waals surface area contributed by atoms with Crippen LogP contribution in [0.25, 0.3) is 0 Å². The van der Waals surface area contributed by atoms with Crippen molar-refractivity contribution in [1.29, 1.82) is 0 Å². The monoisotopic (exact) mass is 153 g/mol. The Hall–Kier alpha value is -0.560. The Morgan fingerprint density at radius 3 is 2.55 bits per heavy atom. The maximum absolute atomic E-state index is 3.72. The van der Waals surface area contributed by atoms with Gasteiger partial charge in [-0.2, -0.15) is 0 Å². The highest BCUT2D eigenvalue weighted by atomic mass is 14.9. The van der Waals surface area contributed by atoms with Crippen LogP contribution in [0.3, 0.4) is 0 Å². The first-order valence-corrected chi connectivity index (χ1v) is 4.30. The number of nitrogens with one attached hydrogen (secondary N) is 1. The molecule has 0 heterocycles. The van der Waals surface area contributed by atoms with Crippen molar-refractivity contribution in [3.8, 4) is 0 Å². The molecular formula is C10H19N. The van der Waals surface area contributed by atoms with E-state index in [1.165, 1.54) is 6.42 Å². The van der Waals surface area contributed by atoms with Gasteiger partial charge in [-0.05, 0) is 25.8 Å². The highest BCUT2D eigenvalue weighted by Gasteiger charge is 1.99. The third-order valence-electron chi connectivity index (χ3n) is 1.73. The molecule has 0 saturated heterocycles. The Labute approximate surface area is 70.2 Å². The summed E-state index contributed by atoms with van der Waals surface area (Å²) in [5.41, 5.74) is 0. The molecule has 0 fully saturated rings. The van der Waals surface area contributed by atoms with Crippen LogP contribution in [0, 0.1) is 0 Å². The lowest BCUT2D eigenvalue weighted by molar-refractivity contribution is 0.508. The molecule has 0 aliphatic carbocycles. The van der Waals surface area contributed by atoms with E-state index in [0.717, 1.165) is 19.4 Å². The van der Waals surface area contributed by atoms with Crippen LogP contribution in [0.2, 0.25) is 0 Å². The van der Waals surface area contributed by atoms with E-state index in [1.54, 1.807) is 0 Å². The molecule has 11 heavy (non-hydrogen) atoms. The average molecular weight is 153 g/mol. The predicted molar refractivity (Wildman–Crippen MR) is 51.7 cm³/mol. The predicted octanol–water partition coefficient (Wildman–Crippen LogP) is 2.51. The lowest BCUT2D eigenvalue weighted by Crippen LogP contribution is -2.28. The minimum atomic E-state index is 0.604. The summed E-state index contributed by atoms with van der Waals surface area (Å²) in [5, 5.41) is 3.43. The van der Waals surface area contributed by atoms with Gasteiger partial charge in [0, 0.05) is 6.04 Å². The van der Waals surface area contributed by atoms with Crippen molar-refractivity contribution in [3.63, 3.8) is 0 Å². The topological polar surface area (TPSA) is 12.0 Å². The van der Waals surface area contributed by atoms with E-state index in [4.69, 9.17) is 0 Å². The van der Waals surface area contributed by atoms with E-state index in [2.05, 4.69) is 25.4 Å². The number of hydrogen-bond acceptors (Lipinski definition) is 1. The van der Waals surface area contributed by atoms with Gasteiger partial charge < -0.3 is 5.32 Å². The summed E-state index contributed by atoms with van der Waals surface area (Å²) in [6.45, 7) is 10.6. The van der Waals surface area contributed by atoms with Crippen molar-refractivity contribution in [1.82, 2.24) is 5.32 Å². The van der Waals surface area contributed by atoms with Gasteiger partial charge >= 0.3 is 0 Å². The zero-order chi connectivity index (χ0) is 8.53. The zero-order valence-electron chi connectivity index (χ0n) is 7.47. The molecule has 0 bridgehead atoms. The largest absolute Gasteiger partial charge is 0.313 e. The van der Waals surface area contributed by atoms with Crippen LogP contribution in [-0.4, -0.2) is 12.6 Å². The minimum Gasteiger partial charge on any atom is -0.313 e. The quantitative estimate of drug-likeness (QED) is 0.438. The maximum atomic E-state index is 3.72. The lowest BCUT2D eigenvalue weighted by Gasteiger charge is -2.13. The fourth-order valence-electron chi connectivity index (χ4n) is 0.985. The van der Waals surface area contributed by atoms with E-state index in [9.17, 15) is 0 Å². The summed E-state index contributed by atoms with van der Waals surface area (Å²) < 4.78 is 0. The fourth-order valence-corrected chi connectivity index (χ4v) is 0.985. The molecular weight excluding hydrogens is 134 g/mol. The van der Waals surface area contributed by atoms with Crippen LogP contribution in [0.15, 0.2) is 25.3 Å². The normalized spacial score (nSPS) is 12.5. The van der Waals surface area contributed by atoms with Gasteiger partial charge in [0.25, 0.3) is 0 Å². The molecule has 0 aliphatic rings. The average Bonchev–Trinajstić information content (AvgIpc) is 2.03. The van der Waals surface area contributed by atoms with E-state index in [-0.39, 0.29) is 0 Å². The molecule has 0 radical (unpaired) electrons. The van der Waals surface area contributed by atoms with Crippen molar-refractivity contribution in [3.05, 3.63) is 25.3 Å². The third kappa shape index (κ3) is 5.86. The smallest absolute Gasteiger partial charge is 0.00989 e. The van der Waals surface area contributed by atoms with E-state index in [0.29, 0.717) is 6.04 Å². The summed E-state index contributed by atoms with van der Waals surface area (Å²) in [5.74, 6) is 0. The summed E-state index contributed by atoms with van der Waals surface area (Å²) in [7, 11) is 0. The van der Waals surface area contributed by atoms with Crippen molar-refractivity contribution >= 4 is 0 Å². The van der Waals surface area contributed by atoms with E-state index in [1.807, 2.05) is 12.2 Å². The molecule has 0 spiro atoms. The molecule has 0 amide bonds. The van der Waals surface area contributed by atoms with Crippen molar-refractivity contribution < 1.29 is 0 Å². The molecule has 1 heteroatoms. The second-order valence-corrected chi connectivity index (χ2v) is 2.66. The molecule has 1 N–H and O–H groups in total. The lowest BCUT2D eigenvalue weighted by atomic mass is 10.1. The Morgan fingerprint density at radius 2 is 2.09 bits per heavy atom. The van der Waals surface area contributed by atoms with Gasteiger partial charge in [-0.3, -0.25) is 0 Å². The van der Waals surface area contributed by atoms with Gasteiger partial charge in [0.2, 0.25) is 0 Å². The van der Waals surface area contributed by atoms with Crippen LogP contribution < -0.4 is 5.32 Å². The van der Waals surface area contributed by atoms with Crippen LogP contribution in [0.1, 0.15) is 26.2 Å². The minimum absolute atomic E-state index is 0.604. The summed E-state index contributed by atoms with van der Waals surface area (Å²) in [6.07, 6.45) is 7.19. The van der Waals surface area contributed by atoms with Crippen LogP contribution in [0.4, 0.5) is 0 Å². The molecule has 1 unspecified atom stereocenters. The SMILES string of the molecule is C=CCCNC(CC)CC=C. The van der Waals surface area contributed by atoms with Crippen molar-refractivity contribution in [2.75, 3.05) is 6.54 Å². The first kappa shape index (κ1) is 10.4. The molecule has 0 aromatic carbocycles. The Kier molecular flexibility index (Phi) is 7.16. The van der Waals surface area contributed by atoms with Gasteiger partial charge in [-0.25, -0.2) is 0 Å². The maximum Gasteiger partial charge on any atom is 0.00989 e. The first-order chi connectivity index (χ1) is 5.35. The summed E-state index contributed by atoms with van der Waals surface area (Å²) in [4.78, 5) is 0. The van der Waals surface area contributed by atoms with E-state index >= 15 is 0 Å². The third-order valence-corrected chi connectivity index (χ3v) is 1.73. The molecule has 1 nitrogen and oxygen atoms in total. The van der Waals surface area contributed by atoms with Crippen LogP contribution >= 0.6 is 0 Å². The molecule has 0 aromatic heterocycles. The van der Waals surface area contributed by atoms with Gasteiger partial charge in [0.05, 0.1) is 0 Å². The second kappa shape index (κ2) is 7.55. The Morgan fingerprint density at radius 1 is 1.36 bits per heavy atom. The highest BCUT2D eigenvalue weighted by molar-refractivity contribution is 4.78. The Balaban J connectivity index is 3.34. The molecule has 0 aliphatic heterocycles. The molecule has 0 aromatic rings. The van der Waals surface area contributed by atoms with Gasteiger partial charge in [-0.1, -0.05) is 19.1 Å². The van der Waals surface area contributed by atoms with Crippen LogP contribution in [-0.2, 0) is 0 Å². The number of hydrogen-bond donors (Lipinski definition) is 1. The van der Waals surface area contributed by atoms with Gasteiger partial charge in [0.1, 0.15) is 0 Å². The van der Waals surface area contributed by atoms with Crippen molar-refractivity contribution in [2.45, 2.75) is 32.2 Å². The van der Waals surface area contributed by atoms with E-state index < -0.39 is 0 Å². The van der Waals surface area contributed by atoms with Crippen molar-refractivity contribution in [2.24, 2.45) is 0 Å². The summed E-state index contributed by atoms with van der Waals surface area (Å²) >= 11 is 0. The standard InChI is InChI=1S/C10H19N/c1-4-7-9-11-10(6-3)8-5-2/h4-5,10-11H,1-2,6-9H2,3H3. The zero-order valence-corrected chi connectivity index (χ0v) is 7.47. The highest BCUT2D eigenvalue weighted by Crippen LogP contribution is 1.97. The molecule has 1 atom stereocenters.